The zero-order valence-electron chi connectivity index (χ0n) is 14.8. The second-order valence-corrected chi connectivity index (χ2v) is 7.02. The third kappa shape index (κ3) is 4.82. The number of furan rings is 1. The van der Waals surface area contributed by atoms with Crippen molar-refractivity contribution in [2.75, 3.05) is 12.3 Å². The number of benzene rings is 2. The van der Waals surface area contributed by atoms with E-state index >= 15 is 0 Å². The van der Waals surface area contributed by atoms with Gasteiger partial charge in [0.15, 0.2) is 6.10 Å². The minimum atomic E-state index is -0.490. The fourth-order valence-corrected chi connectivity index (χ4v) is 3.46. The van der Waals surface area contributed by atoms with E-state index in [0.29, 0.717) is 13.0 Å². The molecule has 3 rings (SSSR count). The first-order chi connectivity index (χ1) is 12.8. The molecule has 0 saturated heterocycles. The highest BCUT2D eigenvalue weighted by Crippen LogP contribution is 2.26. The molecule has 1 unspecified atom stereocenters. The van der Waals surface area contributed by atoms with Crippen molar-refractivity contribution in [3.8, 4) is 5.75 Å². The van der Waals surface area contributed by atoms with Gasteiger partial charge in [0.1, 0.15) is 11.5 Å². The summed E-state index contributed by atoms with van der Waals surface area (Å²) in [5, 5.41) is 5.10. The Morgan fingerprint density at radius 3 is 2.81 bits per heavy atom. The van der Waals surface area contributed by atoms with Gasteiger partial charge in [-0.1, -0.05) is 43.3 Å². The summed E-state index contributed by atoms with van der Waals surface area (Å²) < 4.78 is 11.3. The molecule has 0 aliphatic carbocycles. The summed E-state index contributed by atoms with van der Waals surface area (Å²) in [7, 11) is 0. The van der Waals surface area contributed by atoms with Gasteiger partial charge >= 0.3 is 0 Å². The van der Waals surface area contributed by atoms with Gasteiger partial charge in [-0.05, 0) is 30.0 Å². The molecule has 1 heterocycles. The highest BCUT2D eigenvalue weighted by Gasteiger charge is 2.18. The van der Waals surface area contributed by atoms with Crippen molar-refractivity contribution in [3.63, 3.8) is 0 Å². The van der Waals surface area contributed by atoms with Crippen LogP contribution in [0.1, 0.15) is 19.1 Å². The first-order valence-corrected chi connectivity index (χ1v) is 9.95. The van der Waals surface area contributed by atoms with Gasteiger partial charge < -0.3 is 14.5 Å². The van der Waals surface area contributed by atoms with E-state index in [2.05, 4.69) is 5.32 Å². The monoisotopic (exact) mass is 369 g/mol. The van der Waals surface area contributed by atoms with Crippen LogP contribution in [0.3, 0.4) is 0 Å². The van der Waals surface area contributed by atoms with Crippen LogP contribution in [0.25, 0.3) is 10.8 Å². The Bertz CT molecular complexity index is 827. The number of carbonyl (C=O) groups is 1. The third-order valence-electron chi connectivity index (χ3n) is 4.05. The van der Waals surface area contributed by atoms with Crippen LogP contribution in [-0.4, -0.2) is 24.3 Å². The second kappa shape index (κ2) is 9.34. The minimum Gasteiger partial charge on any atom is -0.480 e. The van der Waals surface area contributed by atoms with Gasteiger partial charge in [-0.25, -0.2) is 0 Å². The molecule has 136 valence electrons. The van der Waals surface area contributed by atoms with Crippen LogP contribution in [0.2, 0.25) is 0 Å². The lowest BCUT2D eigenvalue weighted by molar-refractivity contribution is -0.127. The summed E-state index contributed by atoms with van der Waals surface area (Å²) in [6.45, 7) is 2.57. The third-order valence-corrected chi connectivity index (χ3v) is 5.03. The molecule has 5 heteroatoms. The molecule has 0 saturated carbocycles. The van der Waals surface area contributed by atoms with Crippen LogP contribution in [0.5, 0.6) is 5.75 Å². The maximum atomic E-state index is 12.4. The van der Waals surface area contributed by atoms with Gasteiger partial charge in [0.2, 0.25) is 0 Å². The van der Waals surface area contributed by atoms with E-state index < -0.39 is 6.10 Å². The molecule has 1 N–H and O–H groups in total. The molecule has 2 aromatic carbocycles. The predicted octanol–water partition coefficient (Wildman–Crippen LogP) is 4.64. The Balaban J connectivity index is 1.50. The molecule has 1 amide bonds. The average Bonchev–Trinajstić information content (AvgIpc) is 3.19. The van der Waals surface area contributed by atoms with Gasteiger partial charge in [0, 0.05) is 17.7 Å². The van der Waals surface area contributed by atoms with E-state index in [1.807, 2.05) is 61.5 Å². The van der Waals surface area contributed by atoms with Gasteiger partial charge in [-0.2, -0.15) is 11.8 Å². The van der Waals surface area contributed by atoms with Crippen LogP contribution in [0.15, 0.2) is 65.3 Å². The average molecular weight is 369 g/mol. The summed E-state index contributed by atoms with van der Waals surface area (Å²) in [4.78, 5) is 12.4. The van der Waals surface area contributed by atoms with Crippen LogP contribution < -0.4 is 10.1 Å². The molecule has 0 fully saturated rings. The standard InChI is InChI=1S/C21H23NO3S/c1-2-19(21(23)22-12-14-26-15-17-9-6-13-24-17)25-20-11-5-8-16-7-3-4-10-18(16)20/h3-11,13,19H,2,12,14-15H2,1H3,(H,22,23). The molecule has 0 aliphatic rings. The fourth-order valence-electron chi connectivity index (χ4n) is 2.70. The molecule has 0 spiro atoms. The number of fused-ring (bicyclic) bond motifs is 1. The SMILES string of the molecule is CCC(Oc1cccc2ccccc12)C(=O)NCCSCc1ccco1. The summed E-state index contributed by atoms with van der Waals surface area (Å²) in [5.41, 5.74) is 0. The molecule has 26 heavy (non-hydrogen) atoms. The van der Waals surface area contributed by atoms with Gasteiger partial charge in [0.25, 0.3) is 5.91 Å². The maximum Gasteiger partial charge on any atom is 0.261 e. The van der Waals surface area contributed by atoms with Gasteiger partial charge in [-0.3, -0.25) is 4.79 Å². The first kappa shape index (κ1) is 18.4. The summed E-state index contributed by atoms with van der Waals surface area (Å²) >= 11 is 1.73. The lowest BCUT2D eigenvalue weighted by Crippen LogP contribution is -2.39. The molecule has 0 bridgehead atoms. The number of nitrogens with one attached hydrogen (secondary N) is 1. The summed E-state index contributed by atoms with van der Waals surface area (Å²) in [6, 6.07) is 17.8. The Morgan fingerprint density at radius 2 is 2.00 bits per heavy atom. The topological polar surface area (TPSA) is 51.5 Å². The van der Waals surface area contributed by atoms with Gasteiger partial charge in [0.05, 0.1) is 12.0 Å². The van der Waals surface area contributed by atoms with Crippen LogP contribution in [-0.2, 0) is 10.5 Å². The molecule has 3 aromatic rings. The number of rotatable bonds is 9. The normalized spacial score (nSPS) is 12.0. The van der Waals surface area contributed by atoms with Crippen LogP contribution >= 0.6 is 11.8 Å². The number of ether oxygens (including phenoxy) is 1. The van der Waals surface area contributed by atoms with Crippen molar-refractivity contribution in [2.24, 2.45) is 0 Å². The van der Waals surface area contributed by atoms with E-state index in [9.17, 15) is 4.79 Å². The first-order valence-electron chi connectivity index (χ1n) is 8.80. The van der Waals surface area contributed by atoms with Crippen LogP contribution in [0, 0.1) is 0 Å². The second-order valence-electron chi connectivity index (χ2n) is 5.92. The van der Waals surface area contributed by atoms with E-state index in [-0.39, 0.29) is 5.91 Å². The molecular formula is C21H23NO3S. The molecule has 1 aromatic heterocycles. The number of hydrogen-bond acceptors (Lipinski definition) is 4. The lowest BCUT2D eigenvalue weighted by Gasteiger charge is -2.18. The van der Waals surface area contributed by atoms with Crippen molar-refractivity contribution in [1.82, 2.24) is 5.32 Å². The summed E-state index contributed by atoms with van der Waals surface area (Å²) in [6.07, 6.45) is 1.80. The zero-order chi connectivity index (χ0) is 18.2. The van der Waals surface area contributed by atoms with E-state index in [1.165, 1.54) is 0 Å². The Morgan fingerprint density at radius 1 is 1.15 bits per heavy atom. The quantitative estimate of drug-likeness (QED) is 0.558. The van der Waals surface area contributed by atoms with Crippen molar-refractivity contribution < 1.29 is 13.9 Å². The number of carbonyl (C=O) groups excluding carboxylic acids is 1. The Kier molecular flexibility index (Phi) is 6.61. The van der Waals surface area contributed by atoms with Crippen molar-refractivity contribution in [1.29, 1.82) is 0 Å². The largest absolute Gasteiger partial charge is 0.480 e. The highest BCUT2D eigenvalue weighted by atomic mass is 32.2. The molecule has 4 nitrogen and oxygen atoms in total. The van der Waals surface area contributed by atoms with E-state index in [4.69, 9.17) is 9.15 Å². The maximum absolute atomic E-state index is 12.4. The number of amides is 1. The Labute approximate surface area is 157 Å². The molecule has 0 radical (unpaired) electrons. The van der Waals surface area contributed by atoms with Crippen molar-refractivity contribution in [2.45, 2.75) is 25.2 Å². The summed E-state index contributed by atoms with van der Waals surface area (Å²) in [5.74, 6) is 3.27. The Hall–Kier alpha value is -2.40. The van der Waals surface area contributed by atoms with E-state index in [1.54, 1.807) is 18.0 Å². The predicted molar refractivity (Wildman–Crippen MR) is 107 cm³/mol. The highest BCUT2D eigenvalue weighted by molar-refractivity contribution is 7.98. The van der Waals surface area contributed by atoms with Crippen molar-refractivity contribution >= 4 is 28.4 Å². The van der Waals surface area contributed by atoms with Crippen LogP contribution in [0.4, 0.5) is 0 Å². The minimum absolute atomic E-state index is 0.0703. The molecule has 1 atom stereocenters. The molecular weight excluding hydrogens is 346 g/mol. The smallest absolute Gasteiger partial charge is 0.261 e. The van der Waals surface area contributed by atoms with Gasteiger partial charge in [-0.15, -0.1) is 0 Å². The fraction of sp³-hybridized carbons (Fsp3) is 0.286. The molecule has 0 aliphatic heterocycles. The van der Waals surface area contributed by atoms with E-state index in [0.717, 1.165) is 33.8 Å². The lowest BCUT2D eigenvalue weighted by atomic mass is 10.1. The number of hydrogen-bond donors (Lipinski definition) is 1. The van der Waals surface area contributed by atoms with Crippen molar-refractivity contribution in [3.05, 3.63) is 66.6 Å². The zero-order valence-corrected chi connectivity index (χ0v) is 15.6. The number of thioether (sulfide) groups is 1.